The minimum atomic E-state index is -0.813. The third-order valence-electron chi connectivity index (χ3n) is 4.18. The molecule has 0 spiro atoms. The Bertz CT molecular complexity index is 749. The molecule has 7 nitrogen and oxygen atoms in total. The number of nitro groups is 1. The van der Waals surface area contributed by atoms with Crippen LogP contribution in [0.5, 0.6) is 5.75 Å². The number of allylic oxidation sites excluding steroid dienone is 2. The molecular weight excluding hydrogens is 312 g/mol. The van der Waals surface area contributed by atoms with Crippen LogP contribution in [0.2, 0.25) is 0 Å². The molecule has 7 heteroatoms. The summed E-state index contributed by atoms with van der Waals surface area (Å²) in [5, 5.41) is 11.5. The molecule has 0 unspecified atom stereocenters. The van der Waals surface area contributed by atoms with E-state index in [4.69, 9.17) is 15.2 Å². The lowest BCUT2D eigenvalue weighted by Crippen LogP contribution is -2.30. The highest BCUT2D eigenvalue weighted by Gasteiger charge is 2.44. The average molecular weight is 330 g/mol. The van der Waals surface area contributed by atoms with Crippen molar-refractivity contribution < 1.29 is 19.2 Å². The molecule has 1 aromatic carbocycles. The SMILES string of the molecule is CCOc1ccc([C@@H]2C3=C(CCCC3=O)OC(N)=C2[N+](=O)[O-])cc1. The second kappa shape index (κ2) is 6.35. The van der Waals surface area contributed by atoms with Crippen molar-refractivity contribution in [3.63, 3.8) is 0 Å². The van der Waals surface area contributed by atoms with Crippen LogP contribution in [0.4, 0.5) is 0 Å². The number of hydrogen-bond acceptors (Lipinski definition) is 6. The molecule has 0 saturated heterocycles. The minimum absolute atomic E-state index is 0.123. The quantitative estimate of drug-likeness (QED) is 0.672. The van der Waals surface area contributed by atoms with Crippen LogP contribution >= 0.6 is 0 Å². The molecule has 1 aliphatic heterocycles. The molecule has 1 aromatic rings. The number of ketones is 1. The second-order valence-electron chi connectivity index (χ2n) is 5.66. The number of rotatable bonds is 4. The lowest BCUT2D eigenvalue weighted by molar-refractivity contribution is -0.433. The van der Waals surface area contributed by atoms with E-state index in [1.54, 1.807) is 24.3 Å². The van der Waals surface area contributed by atoms with E-state index < -0.39 is 10.8 Å². The topological polar surface area (TPSA) is 105 Å². The summed E-state index contributed by atoms with van der Waals surface area (Å²) in [5.41, 5.74) is 6.48. The predicted octanol–water partition coefficient (Wildman–Crippen LogP) is 2.61. The van der Waals surface area contributed by atoms with Gasteiger partial charge in [0.05, 0.1) is 17.1 Å². The zero-order valence-electron chi connectivity index (χ0n) is 13.3. The number of nitrogens with zero attached hydrogens (tertiary/aromatic N) is 1. The zero-order chi connectivity index (χ0) is 17.3. The monoisotopic (exact) mass is 330 g/mol. The Balaban J connectivity index is 2.10. The lowest BCUT2D eigenvalue weighted by Gasteiger charge is -2.29. The van der Waals surface area contributed by atoms with E-state index in [9.17, 15) is 14.9 Å². The van der Waals surface area contributed by atoms with Gasteiger partial charge in [-0.2, -0.15) is 0 Å². The standard InChI is InChI=1S/C17H18N2O5/c1-2-23-11-8-6-10(7-9-11)14-15-12(20)4-3-5-13(15)24-17(18)16(14)19(21)22/h6-9,14H,2-5,18H2,1H3/t14-/m1/s1. The van der Waals surface area contributed by atoms with Gasteiger partial charge in [-0.1, -0.05) is 12.1 Å². The van der Waals surface area contributed by atoms with Crippen molar-refractivity contribution in [3.8, 4) is 5.75 Å². The van der Waals surface area contributed by atoms with Gasteiger partial charge in [0, 0.05) is 12.8 Å². The Morgan fingerprint density at radius 3 is 2.67 bits per heavy atom. The van der Waals surface area contributed by atoms with Gasteiger partial charge in [-0.15, -0.1) is 0 Å². The van der Waals surface area contributed by atoms with Crippen LogP contribution in [-0.2, 0) is 9.53 Å². The predicted molar refractivity (Wildman–Crippen MR) is 85.5 cm³/mol. The molecule has 1 aliphatic carbocycles. The third kappa shape index (κ3) is 2.73. The summed E-state index contributed by atoms with van der Waals surface area (Å²) in [7, 11) is 0. The first-order valence-electron chi connectivity index (χ1n) is 7.83. The van der Waals surface area contributed by atoms with E-state index in [2.05, 4.69) is 0 Å². The van der Waals surface area contributed by atoms with Crippen LogP contribution in [0, 0.1) is 10.1 Å². The number of benzene rings is 1. The van der Waals surface area contributed by atoms with Crippen LogP contribution in [-0.4, -0.2) is 17.3 Å². The van der Waals surface area contributed by atoms with Crippen LogP contribution in [0.1, 0.15) is 37.7 Å². The number of carbonyl (C=O) groups is 1. The van der Waals surface area contributed by atoms with E-state index in [0.29, 0.717) is 48.5 Å². The molecule has 0 radical (unpaired) electrons. The van der Waals surface area contributed by atoms with Gasteiger partial charge in [-0.3, -0.25) is 14.9 Å². The Kier molecular flexibility index (Phi) is 4.24. The highest BCUT2D eigenvalue weighted by molar-refractivity contribution is 5.99. The van der Waals surface area contributed by atoms with Crippen LogP contribution in [0.25, 0.3) is 0 Å². The highest BCUT2D eigenvalue weighted by atomic mass is 16.6. The molecule has 126 valence electrons. The first kappa shape index (κ1) is 16.0. The van der Waals surface area contributed by atoms with Gasteiger partial charge in [0.1, 0.15) is 17.4 Å². The van der Waals surface area contributed by atoms with Crippen molar-refractivity contribution in [3.05, 3.63) is 62.9 Å². The summed E-state index contributed by atoms with van der Waals surface area (Å²) in [6.45, 7) is 2.40. The second-order valence-corrected chi connectivity index (χ2v) is 5.66. The Morgan fingerprint density at radius 1 is 1.33 bits per heavy atom. The molecular formula is C17H18N2O5. The molecule has 24 heavy (non-hydrogen) atoms. The summed E-state index contributed by atoms with van der Waals surface area (Å²) in [4.78, 5) is 23.4. The molecule has 1 atom stereocenters. The fourth-order valence-electron chi connectivity index (χ4n) is 3.17. The summed E-state index contributed by atoms with van der Waals surface area (Å²) >= 11 is 0. The summed E-state index contributed by atoms with van der Waals surface area (Å²) in [6, 6.07) is 6.92. The summed E-state index contributed by atoms with van der Waals surface area (Å²) in [6.07, 6.45) is 1.58. The first-order valence-corrected chi connectivity index (χ1v) is 7.83. The van der Waals surface area contributed by atoms with E-state index in [1.165, 1.54) is 0 Å². The van der Waals surface area contributed by atoms with E-state index in [0.717, 1.165) is 0 Å². The maximum absolute atomic E-state index is 12.4. The summed E-state index contributed by atoms with van der Waals surface area (Å²) in [5.74, 6) is -0.0631. The fourth-order valence-corrected chi connectivity index (χ4v) is 3.17. The van der Waals surface area contributed by atoms with E-state index >= 15 is 0 Å². The van der Waals surface area contributed by atoms with Crippen molar-refractivity contribution in [2.45, 2.75) is 32.1 Å². The van der Waals surface area contributed by atoms with Gasteiger partial charge in [0.15, 0.2) is 5.78 Å². The number of Topliss-reactive ketones (excluding diaryl/α,β-unsaturated/α-hetero) is 1. The molecule has 3 rings (SSSR count). The Labute approximate surface area is 138 Å². The summed E-state index contributed by atoms with van der Waals surface area (Å²) < 4.78 is 10.8. The zero-order valence-corrected chi connectivity index (χ0v) is 13.3. The van der Waals surface area contributed by atoms with Gasteiger partial charge < -0.3 is 15.2 Å². The molecule has 0 fully saturated rings. The normalized spacial score (nSPS) is 20.5. The van der Waals surface area contributed by atoms with Gasteiger partial charge in [0.2, 0.25) is 0 Å². The molecule has 0 bridgehead atoms. The number of hydrogen-bond donors (Lipinski definition) is 1. The maximum atomic E-state index is 12.4. The average Bonchev–Trinajstić information content (AvgIpc) is 2.54. The number of ether oxygens (including phenoxy) is 2. The molecule has 0 saturated carbocycles. The molecule has 2 aliphatic rings. The van der Waals surface area contributed by atoms with Crippen molar-refractivity contribution in [2.75, 3.05) is 6.61 Å². The van der Waals surface area contributed by atoms with Crippen molar-refractivity contribution in [2.24, 2.45) is 5.73 Å². The van der Waals surface area contributed by atoms with E-state index in [-0.39, 0.29) is 17.4 Å². The lowest BCUT2D eigenvalue weighted by atomic mass is 9.80. The molecule has 0 aromatic heterocycles. The van der Waals surface area contributed by atoms with Crippen LogP contribution in [0.3, 0.4) is 0 Å². The largest absolute Gasteiger partial charge is 0.494 e. The van der Waals surface area contributed by atoms with Crippen LogP contribution < -0.4 is 10.5 Å². The van der Waals surface area contributed by atoms with Gasteiger partial charge in [0.25, 0.3) is 5.88 Å². The number of carbonyl (C=O) groups excluding carboxylic acids is 1. The Hall–Kier alpha value is -2.83. The van der Waals surface area contributed by atoms with Crippen molar-refractivity contribution >= 4 is 5.78 Å². The maximum Gasteiger partial charge on any atom is 0.317 e. The van der Waals surface area contributed by atoms with Crippen LogP contribution in [0.15, 0.2) is 47.2 Å². The smallest absolute Gasteiger partial charge is 0.317 e. The molecule has 0 amide bonds. The van der Waals surface area contributed by atoms with Gasteiger partial charge in [-0.05, 0) is 31.0 Å². The van der Waals surface area contributed by atoms with Gasteiger partial charge in [-0.25, -0.2) is 0 Å². The van der Waals surface area contributed by atoms with E-state index in [1.807, 2.05) is 6.92 Å². The fraction of sp³-hybridized carbons (Fsp3) is 0.353. The minimum Gasteiger partial charge on any atom is -0.494 e. The van der Waals surface area contributed by atoms with Gasteiger partial charge >= 0.3 is 5.70 Å². The Morgan fingerprint density at radius 2 is 2.04 bits per heavy atom. The van der Waals surface area contributed by atoms with Crippen molar-refractivity contribution in [1.29, 1.82) is 0 Å². The third-order valence-corrected chi connectivity index (χ3v) is 4.18. The van der Waals surface area contributed by atoms with Crippen molar-refractivity contribution in [1.82, 2.24) is 0 Å². The number of nitrogens with two attached hydrogens (primary N) is 1. The first-order chi connectivity index (χ1) is 11.5. The molecule has 2 N–H and O–H groups in total. The highest BCUT2D eigenvalue weighted by Crippen LogP contribution is 2.43. The molecule has 1 heterocycles.